The minimum atomic E-state index is -0.587. The van der Waals surface area contributed by atoms with Crippen LogP contribution in [0.25, 0.3) is 0 Å². The summed E-state index contributed by atoms with van der Waals surface area (Å²) in [6, 6.07) is 0. The maximum Gasteiger partial charge on any atom is 0.306 e. The number of hydrogen-bond acceptors (Lipinski definition) is 1. The number of unbranched alkanes of at least 4 members (excludes halogenated alkanes) is 2. The zero-order valence-corrected chi connectivity index (χ0v) is 14.2. The summed E-state index contributed by atoms with van der Waals surface area (Å²) in [7, 11) is 0. The van der Waals surface area contributed by atoms with Gasteiger partial charge in [-0.25, -0.2) is 0 Å². The molecule has 0 aromatic heterocycles. The van der Waals surface area contributed by atoms with Gasteiger partial charge in [-0.2, -0.15) is 0 Å². The number of carboxylic acid groups (broad SMARTS) is 1. The molecule has 0 saturated heterocycles. The zero-order valence-electron chi connectivity index (χ0n) is 14.2. The van der Waals surface area contributed by atoms with E-state index in [4.69, 9.17) is 0 Å². The largest absolute Gasteiger partial charge is 0.481 e. The fraction of sp³-hybridized carbons (Fsp3) is 0.944. The lowest BCUT2D eigenvalue weighted by molar-refractivity contribution is -0.142. The fourth-order valence-electron chi connectivity index (χ4n) is 2.57. The Kier molecular flexibility index (Phi) is 11.9. The maximum absolute atomic E-state index is 11.3. The van der Waals surface area contributed by atoms with Crippen LogP contribution < -0.4 is 0 Å². The van der Waals surface area contributed by atoms with Gasteiger partial charge in [0.1, 0.15) is 0 Å². The third-order valence-electron chi connectivity index (χ3n) is 4.74. The van der Waals surface area contributed by atoms with Crippen molar-refractivity contribution in [2.45, 2.75) is 91.9 Å². The number of aliphatic carboxylic acids is 1. The molecule has 0 aliphatic rings. The smallest absolute Gasteiger partial charge is 0.306 e. The van der Waals surface area contributed by atoms with E-state index in [1.165, 1.54) is 38.5 Å². The Bertz CT molecular complexity index is 238. The van der Waals surface area contributed by atoms with E-state index >= 15 is 0 Å². The fourth-order valence-corrected chi connectivity index (χ4v) is 2.57. The highest BCUT2D eigenvalue weighted by Gasteiger charge is 2.16. The van der Waals surface area contributed by atoms with Crippen molar-refractivity contribution in [3.05, 3.63) is 0 Å². The summed E-state index contributed by atoms with van der Waals surface area (Å²) in [6.45, 7) is 9.00. The average Bonchev–Trinajstić information content (AvgIpc) is 2.43. The first-order valence-electron chi connectivity index (χ1n) is 8.73. The Morgan fingerprint density at radius 2 is 1.25 bits per heavy atom. The highest BCUT2D eigenvalue weighted by molar-refractivity contribution is 5.69. The van der Waals surface area contributed by atoms with Crippen molar-refractivity contribution in [1.82, 2.24) is 0 Å². The van der Waals surface area contributed by atoms with E-state index in [-0.39, 0.29) is 5.92 Å². The Labute approximate surface area is 126 Å². The topological polar surface area (TPSA) is 37.3 Å². The van der Waals surface area contributed by atoms with Gasteiger partial charge in [0.2, 0.25) is 0 Å². The average molecular weight is 284 g/mol. The first-order valence-corrected chi connectivity index (χ1v) is 8.73. The van der Waals surface area contributed by atoms with Crippen LogP contribution in [0.4, 0.5) is 0 Å². The minimum absolute atomic E-state index is 0.109. The quantitative estimate of drug-likeness (QED) is 0.427. The summed E-state index contributed by atoms with van der Waals surface area (Å²) in [5.41, 5.74) is 0. The van der Waals surface area contributed by atoms with E-state index in [0.29, 0.717) is 0 Å². The molecule has 0 aliphatic heterocycles. The van der Waals surface area contributed by atoms with Crippen LogP contribution in [0.1, 0.15) is 91.9 Å². The van der Waals surface area contributed by atoms with E-state index in [1.807, 2.05) is 0 Å². The maximum atomic E-state index is 11.3. The third-order valence-corrected chi connectivity index (χ3v) is 4.74. The molecule has 20 heavy (non-hydrogen) atoms. The van der Waals surface area contributed by atoms with E-state index in [0.717, 1.165) is 37.5 Å². The molecule has 2 nitrogen and oxygen atoms in total. The molecule has 0 heterocycles. The summed E-state index contributed by atoms with van der Waals surface area (Å²) in [6.07, 6.45) is 11.3. The molecule has 0 aromatic rings. The van der Waals surface area contributed by atoms with Gasteiger partial charge in [0.05, 0.1) is 5.92 Å². The molecule has 3 atom stereocenters. The molecule has 0 aromatic carbocycles. The summed E-state index contributed by atoms with van der Waals surface area (Å²) in [5.74, 6) is 0.861. The van der Waals surface area contributed by atoms with Crippen molar-refractivity contribution in [3.8, 4) is 0 Å². The lowest BCUT2D eigenvalue weighted by Gasteiger charge is -2.14. The Hall–Kier alpha value is -0.530. The van der Waals surface area contributed by atoms with Crippen LogP contribution in [-0.2, 0) is 4.79 Å². The van der Waals surface area contributed by atoms with Crippen molar-refractivity contribution in [3.63, 3.8) is 0 Å². The Morgan fingerprint density at radius 3 is 1.75 bits per heavy atom. The zero-order chi connectivity index (χ0) is 15.4. The second-order valence-corrected chi connectivity index (χ2v) is 6.63. The van der Waals surface area contributed by atoms with Gasteiger partial charge in [0, 0.05) is 0 Å². The van der Waals surface area contributed by atoms with E-state index in [2.05, 4.69) is 27.7 Å². The summed E-state index contributed by atoms with van der Waals surface area (Å²) in [4.78, 5) is 11.3. The second-order valence-electron chi connectivity index (χ2n) is 6.63. The van der Waals surface area contributed by atoms with Crippen LogP contribution in [0.3, 0.4) is 0 Å². The predicted octanol–water partition coefficient (Wildman–Crippen LogP) is 5.90. The van der Waals surface area contributed by atoms with Gasteiger partial charge in [-0.1, -0.05) is 79.1 Å². The predicted molar refractivity (Wildman–Crippen MR) is 87.0 cm³/mol. The highest BCUT2D eigenvalue weighted by Crippen LogP contribution is 2.21. The molecular weight excluding hydrogens is 248 g/mol. The molecule has 0 amide bonds. The first kappa shape index (κ1) is 19.5. The molecule has 0 saturated carbocycles. The molecule has 3 unspecified atom stereocenters. The van der Waals surface area contributed by atoms with Crippen LogP contribution in [0.5, 0.6) is 0 Å². The normalized spacial score (nSPS) is 15.8. The molecular formula is C18H36O2. The molecule has 0 spiro atoms. The molecule has 0 aliphatic carbocycles. The molecule has 0 fully saturated rings. The van der Waals surface area contributed by atoms with Crippen LogP contribution >= 0.6 is 0 Å². The first-order chi connectivity index (χ1) is 9.51. The molecule has 1 N–H and O–H groups in total. The van der Waals surface area contributed by atoms with Crippen LogP contribution in [0, 0.1) is 17.8 Å². The number of carboxylic acids is 1. The molecule has 120 valence electrons. The van der Waals surface area contributed by atoms with E-state index in [1.54, 1.807) is 0 Å². The summed E-state index contributed by atoms with van der Waals surface area (Å²) < 4.78 is 0. The van der Waals surface area contributed by atoms with Gasteiger partial charge in [0.25, 0.3) is 0 Å². The van der Waals surface area contributed by atoms with Crippen LogP contribution in [0.2, 0.25) is 0 Å². The van der Waals surface area contributed by atoms with Crippen molar-refractivity contribution in [2.75, 3.05) is 0 Å². The van der Waals surface area contributed by atoms with Crippen molar-refractivity contribution in [2.24, 2.45) is 17.8 Å². The van der Waals surface area contributed by atoms with Gasteiger partial charge < -0.3 is 5.11 Å². The van der Waals surface area contributed by atoms with Crippen LogP contribution in [0.15, 0.2) is 0 Å². The SMILES string of the molecule is CCC(C)CCCCCC(CCCC(C)CC)C(=O)O. The van der Waals surface area contributed by atoms with Crippen LogP contribution in [-0.4, -0.2) is 11.1 Å². The monoisotopic (exact) mass is 284 g/mol. The van der Waals surface area contributed by atoms with Crippen molar-refractivity contribution < 1.29 is 9.90 Å². The third kappa shape index (κ3) is 10.3. The molecule has 2 heteroatoms. The molecule has 0 rings (SSSR count). The van der Waals surface area contributed by atoms with Crippen molar-refractivity contribution in [1.29, 1.82) is 0 Å². The van der Waals surface area contributed by atoms with Gasteiger partial charge in [-0.15, -0.1) is 0 Å². The number of hydrogen-bond donors (Lipinski definition) is 1. The minimum Gasteiger partial charge on any atom is -0.481 e. The molecule has 0 radical (unpaired) electrons. The van der Waals surface area contributed by atoms with Gasteiger partial charge in [0.15, 0.2) is 0 Å². The lowest BCUT2D eigenvalue weighted by atomic mass is 9.92. The number of carbonyl (C=O) groups is 1. The summed E-state index contributed by atoms with van der Waals surface area (Å²) >= 11 is 0. The highest BCUT2D eigenvalue weighted by atomic mass is 16.4. The lowest BCUT2D eigenvalue weighted by Crippen LogP contribution is -2.14. The second kappa shape index (κ2) is 12.2. The number of rotatable bonds is 13. The summed E-state index contributed by atoms with van der Waals surface area (Å²) in [5, 5.41) is 9.28. The Morgan fingerprint density at radius 1 is 0.800 bits per heavy atom. The van der Waals surface area contributed by atoms with E-state index in [9.17, 15) is 9.90 Å². The molecule has 0 bridgehead atoms. The Balaban J connectivity index is 3.72. The van der Waals surface area contributed by atoms with Gasteiger partial charge >= 0.3 is 5.97 Å². The van der Waals surface area contributed by atoms with Gasteiger partial charge in [-0.3, -0.25) is 4.79 Å². The standard InChI is InChI=1S/C18H36O2/c1-5-15(3)11-8-7-9-13-17(18(19)20)14-10-12-16(4)6-2/h15-17H,5-14H2,1-4H3,(H,19,20). The van der Waals surface area contributed by atoms with Gasteiger partial charge in [-0.05, 0) is 24.7 Å². The van der Waals surface area contributed by atoms with Crippen molar-refractivity contribution >= 4 is 5.97 Å². The van der Waals surface area contributed by atoms with E-state index < -0.39 is 5.97 Å².